The van der Waals surface area contributed by atoms with E-state index in [1.54, 1.807) is 0 Å². The molecule has 1 amide bonds. The summed E-state index contributed by atoms with van der Waals surface area (Å²) in [5.74, 6) is 0.351. The zero-order valence-electron chi connectivity index (χ0n) is 15.0. The number of anilines is 1. The van der Waals surface area contributed by atoms with Gasteiger partial charge in [0.25, 0.3) is 5.91 Å². The minimum Gasteiger partial charge on any atom is -0.278 e. The SMILES string of the molecule is Cc1ccc(N2C(=N)SC(=Cc3ccc(C(C)C)cc3)C2=O)cc1C. The molecule has 0 radical (unpaired) electrons. The van der Waals surface area contributed by atoms with Crippen LogP contribution in [0.4, 0.5) is 5.69 Å². The van der Waals surface area contributed by atoms with Crippen LogP contribution in [0, 0.1) is 19.3 Å². The van der Waals surface area contributed by atoms with Crippen LogP contribution in [0.1, 0.15) is 42.0 Å². The first-order chi connectivity index (χ1) is 11.9. The lowest BCUT2D eigenvalue weighted by Crippen LogP contribution is -2.28. The van der Waals surface area contributed by atoms with Crippen LogP contribution in [0.2, 0.25) is 0 Å². The number of amidine groups is 1. The van der Waals surface area contributed by atoms with Crippen LogP contribution in [0.15, 0.2) is 47.4 Å². The molecule has 1 heterocycles. The highest BCUT2D eigenvalue weighted by molar-refractivity contribution is 8.19. The van der Waals surface area contributed by atoms with Crippen LogP contribution in [0.5, 0.6) is 0 Å². The summed E-state index contributed by atoms with van der Waals surface area (Å²) in [5, 5.41) is 8.46. The van der Waals surface area contributed by atoms with Crippen molar-refractivity contribution in [3.8, 4) is 0 Å². The number of aryl methyl sites for hydroxylation is 2. The Balaban J connectivity index is 1.88. The van der Waals surface area contributed by atoms with E-state index in [9.17, 15) is 4.79 Å². The highest BCUT2D eigenvalue weighted by Gasteiger charge is 2.33. The smallest absolute Gasteiger partial charge is 0.271 e. The Labute approximate surface area is 153 Å². The van der Waals surface area contributed by atoms with Crippen molar-refractivity contribution < 1.29 is 4.79 Å². The van der Waals surface area contributed by atoms with Crippen molar-refractivity contribution in [2.75, 3.05) is 4.90 Å². The third-order valence-electron chi connectivity index (χ3n) is 4.47. The lowest BCUT2D eigenvalue weighted by Gasteiger charge is -2.15. The number of hydrogen-bond acceptors (Lipinski definition) is 3. The first-order valence-electron chi connectivity index (χ1n) is 8.36. The third kappa shape index (κ3) is 3.54. The van der Waals surface area contributed by atoms with E-state index in [0.29, 0.717) is 10.8 Å². The predicted molar refractivity (Wildman–Crippen MR) is 107 cm³/mol. The van der Waals surface area contributed by atoms with Crippen molar-refractivity contribution in [1.82, 2.24) is 0 Å². The Morgan fingerprint density at radius 2 is 1.72 bits per heavy atom. The Kier molecular flexibility index (Phi) is 4.82. The number of hydrogen-bond donors (Lipinski definition) is 1. The lowest BCUT2D eigenvalue weighted by atomic mass is 10.0. The lowest BCUT2D eigenvalue weighted by molar-refractivity contribution is -0.113. The molecule has 0 atom stereocenters. The number of thioether (sulfide) groups is 1. The van der Waals surface area contributed by atoms with Gasteiger partial charge in [0, 0.05) is 0 Å². The fraction of sp³-hybridized carbons (Fsp3) is 0.238. The molecule has 2 aromatic carbocycles. The van der Waals surface area contributed by atoms with Crippen molar-refractivity contribution in [3.63, 3.8) is 0 Å². The number of amides is 1. The highest BCUT2D eigenvalue weighted by atomic mass is 32.2. The van der Waals surface area contributed by atoms with Crippen molar-refractivity contribution in [2.24, 2.45) is 0 Å². The van der Waals surface area contributed by atoms with Crippen LogP contribution >= 0.6 is 11.8 Å². The van der Waals surface area contributed by atoms with E-state index in [1.165, 1.54) is 27.8 Å². The monoisotopic (exact) mass is 350 g/mol. The average Bonchev–Trinajstić information content (AvgIpc) is 2.85. The molecule has 1 aliphatic rings. The summed E-state index contributed by atoms with van der Waals surface area (Å²) in [6.07, 6.45) is 1.87. The van der Waals surface area contributed by atoms with Gasteiger partial charge in [-0.2, -0.15) is 0 Å². The summed E-state index contributed by atoms with van der Waals surface area (Å²) < 4.78 is 0. The van der Waals surface area contributed by atoms with Crippen LogP contribution in [0.25, 0.3) is 6.08 Å². The van der Waals surface area contributed by atoms with Gasteiger partial charge in [0.1, 0.15) is 0 Å². The Bertz CT molecular complexity index is 866. The molecule has 128 valence electrons. The van der Waals surface area contributed by atoms with E-state index in [2.05, 4.69) is 26.0 Å². The normalized spacial score (nSPS) is 16.4. The molecular formula is C21H22N2OS. The van der Waals surface area contributed by atoms with Crippen molar-refractivity contribution >= 4 is 34.6 Å². The zero-order chi connectivity index (χ0) is 18.1. The second-order valence-corrected chi connectivity index (χ2v) is 7.68. The van der Waals surface area contributed by atoms with E-state index in [1.807, 2.05) is 50.3 Å². The van der Waals surface area contributed by atoms with Crippen molar-refractivity contribution in [2.45, 2.75) is 33.6 Å². The number of carbonyl (C=O) groups excluding carboxylic acids is 1. The summed E-state index contributed by atoms with van der Waals surface area (Å²) in [6.45, 7) is 8.37. The van der Waals surface area contributed by atoms with Crippen LogP contribution in [0.3, 0.4) is 0 Å². The molecule has 1 aliphatic heterocycles. The summed E-state index contributed by atoms with van der Waals surface area (Å²) in [4.78, 5) is 14.8. The standard InChI is InChI=1S/C21H22N2OS/c1-13(2)17-8-6-16(7-9-17)12-19-20(24)23(21(22)25-19)18-10-5-14(3)15(4)11-18/h5-13,22H,1-4H3. The molecule has 3 rings (SSSR count). The number of nitrogens with zero attached hydrogens (tertiary/aromatic N) is 1. The summed E-state index contributed by atoms with van der Waals surface area (Å²) in [7, 11) is 0. The van der Waals surface area contributed by atoms with E-state index < -0.39 is 0 Å². The van der Waals surface area contributed by atoms with E-state index in [0.717, 1.165) is 16.8 Å². The first kappa shape index (κ1) is 17.5. The summed E-state index contributed by atoms with van der Waals surface area (Å²) in [5.41, 5.74) is 5.30. The highest BCUT2D eigenvalue weighted by Crippen LogP contribution is 2.35. The number of carbonyl (C=O) groups is 1. The van der Waals surface area contributed by atoms with Gasteiger partial charge in [-0.3, -0.25) is 15.1 Å². The third-order valence-corrected chi connectivity index (χ3v) is 5.36. The largest absolute Gasteiger partial charge is 0.278 e. The Morgan fingerprint density at radius 3 is 2.32 bits per heavy atom. The molecule has 0 unspecified atom stereocenters. The topological polar surface area (TPSA) is 44.2 Å². The molecule has 0 spiro atoms. The maximum absolute atomic E-state index is 12.8. The number of rotatable bonds is 3. The average molecular weight is 350 g/mol. The van der Waals surface area contributed by atoms with E-state index in [-0.39, 0.29) is 11.1 Å². The van der Waals surface area contributed by atoms with Crippen molar-refractivity contribution in [1.29, 1.82) is 5.41 Å². The molecule has 4 heteroatoms. The van der Waals surface area contributed by atoms with Gasteiger partial charge in [-0.05, 0) is 72.0 Å². The number of nitrogens with one attached hydrogen (secondary N) is 1. The maximum Gasteiger partial charge on any atom is 0.271 e. The minimum absolute atomic E-state index is 0.133. The van der Waals surface area contributed by atoms with E-state index in [4.69, 9.17) is 5.41 Å². The molecule has 0 saturated carbocycles. The van der Waals surface area contributed by atoms with Crippen molar-refractivity contribution in [3.05, 3.63) is 69.6 Å². The van der Waals surface area contributed by atoms with Gasteiger partial charge in [-0.1, -0.05) is 44.2 Å². The second-order valence-electron chi connectivity index (χ2n) is 6.65. The second kappa shape index (κ2) is 6.89. The fourth-order valence-electron chi connectivity index (χ4n) is 2.71. The molecule has 25 heavy (non-hydrogen) atoms. The van der Waals surface area contributed by atoms with Gasteiger partial charge in [0.2, 0.25) is 0 Å². The van der Waals surface area contributed by atoms with Gasteiger partial charge in [-0.15, -0.1) is 0 Å². The Hall–Kier alpha value is -2.33. The molecule has 0 aliphatic carbocycles. The zero-order valence-corrected chi connectivity index (χ0v) is 15.8. The molecule has 0 aromatic heterocycles. The molecule has 1 saturated heterocycles. The fourth-order valence-corrected chi connectivity index (χ4v) is 3.58. The predicted octanol–water partition coefficient (Wildman–Crippen LogP) is 5.48. The molecule has 3 nitrogen and oxygen atoms in total. The molecule has 2 aromatic rings. The minimum atomic E-state index is -0.133. The van der Waals surface area contributed by atoms with Crippen LogP contribution in [-0.4, -0.2) is 11.1 Å². The number of benzene rings is 2. The maximum atomic E-state index is 12.8. The van der Waals surface area contributed by atoms with Gasteiger partial charge in [-0.25, -0.2) is 0 Å². The molecule has 0 bridgehead atoms. The van der Waals surface area contributed by atoms with Gasteiger partial charge >= 0.3 is 0 Å². The van der Waals surface area contributed by atoms with E-state index >= 15 is 0 Å². The first-order valence-corrected chi connectivity index (χ1v) is 9.18. The molecule has 1 N–H and O–H groups in total. The summed E-state index contributed by atoms with van der Waals surface area (Å²) >= 11 is 1.21. The summed E-state index contributed by atoms with van der Waals surface area (Å²) in [6, 6.07) is 14.1. The van der Waals surface area contributed by atoms with Gasteiger partial charge < -0.3 is 0 Å². The quantitative estimate of drug-likeness (QED) is 0.745. The van der Waals surface area contributed by atoms with Gasteiger partial charge in [0.05, 0.1) is 10.6 Å². The molecular weight excluding hydrogens is 328 g/mol. The van der Waals surface area contributed by atoms with Crippen LogP contribution < -0.4 is 4.90 Å². The van der Waals surface area contributed by atoms with Gasteiger partial charge in [0.15, 0.2) is 5.17 Å². The van der Waals surface area contributed by atoms with Crippen LogP contribution in [-0.2, 0) is 4.79 Å². The Morgan fingerprint density at radius 1 is 1.04 bits per heavy atom. The molecule has 1 fully saturated rings.